The van der Waals surface area contributed by atoms with Crippen molar-refractivity contribution in [3.05, 3.63) is 42.0 Å². The van der Waals surface area contributed by atoms with E-state index in [1.807, 2.05) is 57.2 Å². The van der Waals surface area contributed by atoms with Crippen LogP contribution in [0.3, 0.4) is 0 Å². The third kappa shape index (κ3) is 3.81. The second-order valence-corrected chi connectivity index (χ2v) is 4.74. The molecule has 112 valence electrons. The molecule has 0 heterocycles. The maximum absolute atomic E-state index is 5.99. The van der Waals surface area contributed by atoms with Crippen molar-refractivity contribution < 1.29 is 9.47 Å². The smallest absolute Gasteiger partial charge is 0.163 e. The largest absolute Gasteiger partial charge is 0.490 e. The van der Waals surface area contributed by atoms with Crippen LogP contribution in [0.4, 0.5) is 17.1 Å². The van der Waals surface area contributed by atoms with Crippen LogP contribution in [-0.2, 0) is 0 Å². The first kappa shape index (κ1) is 15.0. The fourth-order valence-corrected chi connectivity index (χ4v) is 2.06. The van der Waals surface area contributed by atoms with Crippen LogP contribution >= 0.6 is 0 Å². The topological polar surface area (TPSA) is 56.5 Å². The normalized spacial score (nSPS) is 10.2. The molecule has 3 N–H and O–H groups in total. The van der Waals surface area contributed by atoms with Gasteiger partial charge in [-0.3, -0.25) is 0 Å². The Morgan fingerprint density at radius 1 is 0.952 bits per heavy atom. The minimum atomic E-state index is 0.593. The van der Waals surface area contributed by atoms with Crippen molar-refractivity contribution in [1.29, 1.82) is 0 Å². The minimum absolute atomic E-state index is 0.593. The van der Waals surface area contributed by atoms with E-state index in [0.29, 0.717) is 18.9 Å². The number of nitrogens with two attached hydrogens (primary N) is 1. The molecule has 0 amide bonds. The summed E-state index contributed by atoms with van der Waals surface area (Å²) in [5, 5.41) is 3.32. The number of hydrogen-bond donors (Lipinski definition) is 2. The highest BCUT2D eigenvalue weighted by Crippen LogP contribution is 2.33. The molecule has 0 saturated heterocycles. The zero-order valence-electron chi connectivity index (χ0n) is 12.8. The van der Waals surface area contributed by atoms with E-state index in [0.717, 1.165) is 28.4 Å². The Balaban J connectivity index is 2.27. The lowest BCUT2D eigenvalue weighted by molar-refractivity contribution is 0.288. The molecule has 0 spiro atoms. The van der Waals surface area contributed by atoms with E-state index < -0.39 is 0 Å². The Morgan fingerprint density at radius 3 is 2.38 bits per heavy atom. The highest BCUT2D eigenvalue weighted by molar-refractivity contribution is 5.74. The van der Waals surface area contributed by atoms with E-state index in [9.17, 15) is 0 Å². The third-order valence-corrected chi connectivity index (χ3v) is 3.03. The van der Waals surface area contributed by atoms with Gasteiger partial charge in [-0.1, -0.05) is 6.07 Å². The molecule has 0 aliphatic rings. The van der Waals surface area contributed by atoms with Crippen LogP contribution in [-0.4, -0.2) is 13.2 Å². The molecule has 2 aromatic rings. The van der Waals surface area contributed by atoms with E-state index in [1.54, 1.807) is 0 Å². The van der Waals surface area contributed by atoms with Gasteiger partial charge in [-0.25, -0.2) is 0 Å². The first-order valence-corrected chi connectivity index (χ1v) is 7.16. The Morgan fingerprint density at radius 2 is 1.67 bits per heavy atom. The van der Waals surface area contributed by atoms with Gasteiger partial charge < -0.3 is 20.5 Å². The fraction of sp³-hybridized carbons (Fsp3) is 0.294. The van der Waals surface area contributed by atoms with Gasteiger partial charge in [0.15, 0.2) is 11.5 Å². The lowest BCUT2D eigenvalue weighted by atomic mass is 10.2. The van der Waals surface area contributed by atoms with Gasteiger partial charge in [-0.15, -0.1) is 0 Å². The SMILES string of the molecule is CCOc1ccc(Nc2cc(C)ccc2N)cc1OCC. The molecule has 2 aromatic carbocycles. The van der Waals surface area contributed by atoms with Gasteiger partial charge in [-0.05, 0) is 50.6 Å². The molecular weight excluding hydrogens is 264 g/mol. The molecule has 0 aromatic heterocycles. The molecule has 0 radical (unpaired) electrons. The average Bonchev–Trinajstić information content (AvgIpc) is 2.46. The molecule has 4 heteroatoms. The van der Waals surface area contributed by atoms with Crippen molar-refractivity contribution in [2.45, 2.75) is 20.8 Å². The molecule has 0 unspecified atom stereocenters. The third-order valence-electron chi connectivity index (χ3n) is 3.03. The standard InChI is InChI=1S/C17H22N2O2/c1-4-20-16-9-7-13(11-17(16)21-5-2)19-15-10-12(3)6-8-14(15)18/h6-11,19H,4-5,18H2,1-3H3. The molecule has 0 atom stereocenters. The van der Waals surface area contributed by atoms with E-state index >= 15 is 0 Å². The summed E-state index contributed by atoms with van der Waals surface area (Å²) < 4.78 is 11.2. The summed E-state index contributed by atoms with van der Waals surface area (Å²) in [5.74, 6) is 1.48. The molecule has 4 nitrogen and oxygen atoms in total. The van der Waals surface area contributed by atoms with Crippen LogP contribution in [0.2, 0.25) is 0 Å². The number of ether oxygens (including phenoxy) is 2. The summed E-state index contributed by atoms with van der Waals surface area (Å²) in [5.41, 5.74) is 9.67. The zero-order valence-corrected chi connectivity index (χ0v) is 12.8. The summed E-state index contributed by atoms with van der Waals surface area (Å²) in [6, 6.07) is 11.7. The lowest BCUT2D eigenvalue weighted by Crippen LogP contribution is -2.00. The van der Waals surface area contributed by atoms with Crippen molar-refractivity contribution in [3.8, 4) is 11.5 Å². The second kappa shape index (κ2) is 6.88. The predicted octanol–water partition coefficient (Wildman–Crippen LogP) is 4.12. The maximum Gasteiger partial charge on any atom is 0.163 e. The Labute approximate surface area is 125 Å². The monoisotopic (exact) mass is 286 g/mol. The quantitative estimate of drug-likeness (QED) is 0.784. The molecule has 0 fully saturated rings. The minimum Gasteiger partial charge on any atom is -0.490 e. The van der Waals surface area contributed by atoms with Gasteiger partial charge in [-0.2, -0.15) is 0 Å². The lowest BCUT2D eigenvalue weighted by Gasteiger charge is -2.14. The number of nitrogens with one attached hydrogen (secondary N) is 1. The summed E-state index contributed by atoms with van der Waals surface area (Å²) in [6.07, 6.45) is 0. The molecule has 0 aliphatic carbocycles. The van der Waals surface area contributed by atoms with Gasteiger partial charge in [0.05, 0.1) is 24.6 Å². The number of anilines is 3. The van der Waals surface area contributed by atoms with Crippen LogP contribution in [0.15, 0.2) is 36.4 Å². The molecule has 0 bridgehead atoms. The first-order valence-electron chi connectivity index (χ1n) is 7.16. The zero-order chi connectivity index (χ0) is 15.2. The average molecular weight is 286 g/mol. The fourth-order valence-electron chi connectivity index (χ4n) is 2.06. The van der Waals surface area contributed by atoms with Gasteiger partial charge in [0, 0.05) is 11.8 Å². The van der Waals surface area contributed by atoms with Gasteiger partial charge in [0.2, 0.25) is 0 Å². The van der Waals surface area contributed by atoms with E-state index in [4.69, 9.17) is 15.2 Å². The summed E-state index contributed by atoms with van der Waals surface area (Å²) in [7, 11) is 0. The molecule has 0 aliphatic heterocycles. The van der Waals surface area contributed by atoms with Crippen LogP contribution in [0.25, 0.3) is 0 Å². The van der Waals surface area contributed by atoms with Crippen LogP contribution in [0.1, 0.15) is 19.4 Å². The molecule has 2 rings (SSSR count). The Kier molecular flexibility index (Phi) is 4.93. The number of rotatable bonds is 6. The van der Waals surface area contributed by atoms with Crippen LogP contribution in [0, 0.1) is 6.92 Å². The van der Waals surface area contributed by atoms with Gasteiger partial charge >= 0.3 is 0 Å². The van der Waals surface area contributed by atoms with Crippen molar-refractivity contribution in [2.24, 2.45) is 0 Å². The van der Waals surface area contributed by atoms with E-state index in [-0.39, 0.29) is 0 Å². The highest BCUT2D eigenvalue weighted by atomic mass is 16.5. The number of aryl methyl sites for hydroxylation is 1. The van der Waals surface area contributed by atoms with Gasteiger partial charge in [0.25, 0.3) is 0 Å². The summed E-state index contributed by atoms with van der Waals surface area (Å²) in [4.78, 5) is 0. The maximum atomic E-state index is 5.99. The predicted molar refractivity (Wildman–Crippen MR) is 87.7 cm³/mol. The van der Waals surface area contributed by atoms with Crippen LogP contribution < -0.4 is 20.5 Å². The van der Waals surface area contributed by atoms with Crippen LogP contribution in [0.5, 0.6) is 11.5 Å². The first-order chi connectivity index (χ1) is 10.1. The van der Waals surface area contributed by atoms with Crippen molar-refractivity contribution in [2.75, 3.05) is 24.3 Å². The second-order valence-electron chi connectivity index (χ2n) is 4.74. The van der Waals surface area contributed by atoms with Crippen molar-refractivity contribution in [3.63, 3.8) is 0 Å². The Bertz CT molecular complexity index is 612. The van der Waals surface area contributed by atoms with E-state index in [2.05, 4.69) is 5.32 Å². The van der Waals surface area contributed by atoms with Crippen molar-refractivity contribution >= 4 is 17.1 Å². The number of nitrogen functional groups attached to an aromatic ring is 1. The van der Waals surface area contributed by atoms with Gasteiger partial charge in [0.1, 0.15) is 0 Å². The Hall–Kier alpha value is -2.36. The highest BCUT2D eigenvalue weighted by Gasteiger charge is 2.07. The molecular formula is C17H22N2O2. The molecule has 0 saturated carbocycles. The number of benzene rings is 2. The van der Waals surface area contributed by atoms with E-state index in [1.165, 1.54) is 0 Å². The summed E-state index contributed by atoms with van der Waals surface area (Å²) in [6.45, 7) is 7.14. The molecule has 21 heavy (non-hydrogen) atoms. The summed E-state index contributed by atoms with van der Waals surface area (Å²) >= 11 is 0. The van der Waals surface area contributed by atoms with Crippen molar-refractivity contribution in [1.82, 2.24) is 0 Å². The number of hydrogen-bond acceptors (Lipinski definition) is 4.